The molecule has 116 valence electrons. The molecule has 0 amide bonds. The van der Waals surface area contributed by atoms with Crippen LogP contribution in [-0.4, -0.2) is 20.2 Å². The number of hydrogen-bond acceptors (Lipinski definition) is 2. The van der Waals surface area contributed by atoms with E-state index in [9.17, 15) is 12.9 Å². The number of benzene rings is 1. The summed E-state index contributed by atoms with van der Waals surface area (Å²) in [6.07, 6.45) is 8.45. The third-order valence-corrected chi connectivity index (χ3v) is 3.56. The Bertz CT molecular complexity index is 506. The van der Waals surface area contributed by atoms with Crippen molar-refractivity contribution in [1.29, 1.82) is 0 Å². The zero-order chi connectivity index (χ0) is 15.3. The van der Waals surface area contributed by atoms with Gasteiger partial charge in [0.05, 0.1) is 12.9 Å². The van der Waals surface area contributed by atoms with E-state index < -0.39 is 12.4 Å². The molecule has 0 bridgehead atoms. The van der Waals surface area contributed by atoms with Crippen LogP contribution in [0.25, 0.3) is 0 Å². The first-order chi connectivity index (χ1) is 10.0. The number of rotatable bonds is 4. The number of halogens is 3. The van der Waals surface area contributed by atoms with Crippen LogP contribution < -0.4 is 66.3 Å². The van der Waals surface area contributed by atoms with Gasteiger partial charge in [-0.25, -0.2) is 0 Å². The van der Waals surface area contributed by atoms with Gasteiger partial charge in [-0.05, 0) is 50.0 Å². The normalized spacial score (nSPS) is 20.3. The molecule has 7 heteroatoms. The Labute approximate surface area is 171 Å². The summed E-state index contributed by atoms with van der Waals surface area (Å²) < 4.78 is 50.0. The smallest absolute Gasteiger partial charge is 0.497 e. The van der Waals surface area contributed by atoms with Gasteiger partial charge in [-0.2, -0.15) is 0 Å². The molecule has 0 spiro atoms. The van der Waals surface area contributed by atoms with Crippen molar-refractivity contribution in [2.45, 2.75) is 38.2 Å². The van der Waals surface area contributed by atoms with E-state index in [4.69, 9.17) is 9.47 Å². The molecule has 1 atom stereocenters. The molecule has 1 aromatic rings. The van der Waals surface area contributed by atoms with Crippen LogP contribution in [0.4, 0.5) is 12.9 Å². The third kappa shape index (κ3) is 5.92. The van der Waals surface area contributed by atoms with Crippen molar-refractivity contribution in [2.24, 2.45) is 0 Å². The molecule has 0 aliphatic heterocycles. The van der Waals surface area contributed by atoms with Crippen molar-refractivity contribution in [3.63, 3.8) is 0 Å². The van der Waals surface area contributed by atoms with Crippen LogP contribution in [0.5, 0.6) is 11.5 Å². The maximum Gasteiger partial charge on any atom is 1.00 e. The van der Waals surface area contributed by atoms with E-state index in [1.165, 1.54) is 19.2 Å². The van der Waals surface area contributed by atoms with Gasteiger partial charge in [-0.15, -0.1) is 0 Å². The van der Waals surface area contributed by atoms with E-state index in [-0.39, 0.29) is 69.0 Å². The van der Waals surface area contributed by atoms with E-state index in [0.717, 1.165) is 38.2 Å². The van der Waals surface area contributed by atoms with Gasteiger partial charge in [0.15, 0.2) is 0 Å². The number of methoxy groups -OCH3 is 1. The molecule has 0 aromatic heterocycles. The summed E-state index contributed by atoms with van der Waals surface area (Å²) in [4.78, 5) is 0. The SMILES string of the molecule is COc1ccc(OC2/C=C/CCCCC2)c([B-](F)(F)F)c1.[K+]. The van der Waals surface area contributed by atoms with Gasteiger partial charge in [0, 0.05) is 0 Å². The Morgan fingerprint density at radius 3 is 2.59 bits per heavy atom. The van der Waals surface area contributed by atoms with Gasteiger partial charge in [-0.1, -0.05) is 18.0 Å². The van der Waals surface area contributed by atoms with Gasteiger partial charge >= 0.3 is 58.4 Å². The number of ether oxygens (including phenoxy) is 2. The van der Waals surface area contributed by atoms with Crippen LogP contribution in [0.1, 0.15) is 32.1 Å². The van der Waals surface area contributed by atoms with Gasteiger partial charge < -0.3 is 22.4 Å². The first-order valence-electron chi connectivity index (χ1n) is 7.22. The second-order valence-corrected chi connectivity index (χ2v) is 5.20. The molecular formula is C15H19BF3KO2. The molecule has 1 aliphatic carbocycles. The van der Waals surface area contributed by atoms with Gasteiger partial charge in [0.25, 0.3) is 0 Å². The second-order valence-electron chi connectivity index (χ2n) is 5.20. The predicted octanol–water partition coefficient (Wildman–Crippen LogP) is 1.02. The largest absolute Gasteiger partial charge is 1.00 e. The van der Waals surface area contributed by atoms with Crippen LogP contribution in [0.3, 0.4) is 0 Å². The van der Waals surface area contributed by atoms with Crippen molar-refractivity contribution in [1.82, 2.24) is 0 Å². The molecule has 2 nitrogen and oxygen atoms in total. The second kappa shape index (κ2) is 9.37. The van der Waals surface area contributed by atoms with Gasteiger partial charge in [0.2, 0.25) is 0 Å². The Morgan fingerprint density at radius 1 is 1.14 bits per heavy atom. The van der Waals surface area contributed by atoms with Crippen molar-refractivity contribution in [3.8, 4) is 11.5 Å². The van der Waals surface area contributed by atoms with Crippen LogP contribution in [0, 0.1) is 0 Å². The van der Waals surface area contributed by atoms with Crippen LogP contribution in [0.15, 0.2) is 30.4 Å². The molecule has 0 N–H and O–H groups in total. The molecule has 0 saturated carbocycles. The average molecular weight is 338 g/mol. The average Bonchev–Trinajstić information content (AvgIpc) is 2.40. The first kappa shape index (κ1) is 20.1. The summed E-state index contributed by atoms with van der Waals surface area (Å²) in [7, 11) is 1.35. The Kier molecular flexibility index (Phi) is 8.56. The molecule has 0 saturated heterocycles. The summed E-state index contributed by atoms with van der Waals surface area (Å²) in [6, 6.07) is 3.84. The molecule has 22 heavy (non-hydrogen) atoms. The standard InChI is InChI=1S/C15H19BF3O2.K/c1-20-13-9-10-15(14(11-13)16(17,18)19)21-12-7-5-3-2-4-6-8-12;/h5,7,9-12H,2-4,6,8H2,1H3;/q-1;+1/b7-5+;. The quantitative estimate of drug-likeness (QED) is 0.603. The zero-order valence-electron chi connectivity index (χ0n) is 13.0. The molecule has 1 aromatic carbocycles. The monoisotopic (exact) mass is 338 g/mol. The van der Waals surface area contributed by atoms with Crippen LogP contribution >= 0.6 is 0 Å². The van der Waals surface area contributed by atoms with Crippen molar-refractivity contribution < 1.29 is 73.8 Å². The van der Waals surface area contributed by atoms with E-state index in [0.29, 0.717) is 0 Å². The van der Waals surface area contributed by atoms with Crippen LogP contribution in [0.2, 0.25) is 0 Å². The van der Waals surface area contributed by atoms with E-state index in [1.807, 2.05) is 12.2 Å². The first-order valence-corrected chi connectivity index (χ1v) is 7.22. The minimum Gasteiger partial charge on any atom is -0.497 e. The van der Waals surface area contributed by atoms with Gasteiger partial charge in [0.1, 0.15) is 11.9 Å². The summed E-state index contributed by atoms with van der Waals surface area (Å²) in [5, 5.41) is 0. The molecule has 1 aliphatic rings. The Balaban J connectivity index is 0.00000242. The van der Waals surface area contributed by atoms with E-state index >= 15 is 0 Å². The summed E-state index contributed by atoms with van der Waals surface area (Å²) in [5.74, 6) is 0.0725. The van der Waals surface area contributed by atoms with Crippen molar-refractivity contribution in [2.75, 3.05) is 7.11 Å². The summed E-state index contributed by atoms with van der Waals surface area (Å²) in [5.41, 5.74) is -0.732. The molecule has 0 heterocycles. The maximum atomic E-state index is 13.2. The fourth-order valence-electron chi connectivity index (χ4n) is 2.41. The maximum absolute atomic E-state index is 13.2. The fraction of sp³-hybridized carbons (Fsp3) is 0.467. The van der Waals surface area contributed by atoms with E-state index in [1.54, 1.807) is 0 Å². The minimum atomic E-state index is -5.14. The molecule has 1 unspecified atom stereocenters. The van der Waals surface area contributed by atoms with Crippen molar-refractivity contribution >= 4 is 12.4 Å². The summed E-state index contributed by atoms with van der Waals surface area (Å²) >= 11 is 0. The number of hydrogen-bond donors (Lipinski definition) is 0. The van der Waals surface area contributed by atoms with Crippen LogP contribution in [-0.2, 0) is 0 Å². The Hall–Kier alpha value is 0.0513. The zero-order valence-corrected chi connectivity index (χ0v) is 16.2. The van der Waals surface area contributed by atoms with Gasteiger partial charge in [-0.3, -0.25) is 0 Å². The van der Waals surface area contributed by atoms with E-state index in [2.05, 4.69) is 0 Å². The summed E-state index contributed by atoms with van der Waals surface area (Å²) in [6.45, 7) is -5.14. The molecular weight excluding hydrogens is 319 g/mol. The molecule has 0 radical (unpaired) electrons. The topological polar surface area (TPSA) is 18.5 Å². The minimum absolute atomic E-state index is 0. The molecule has 0 fully saturated rings. The molecule has 2 rings (SSSR count). The number of allylic oxidation sites excluding steroid dienone is 1. The predicted molar refractivity (Wildman–Crippen MR) is 78.3 cm³/mol. The van der Waals surface area contributed by atoms with Crippen molar-refractivity contribution in [3.05, 3.63) is 30.4 Å². The fourth-order valence-corrected chi connectivity index (χ4v) is 2.41. The Morgan fingerprint density at radius 2 is 1.91 bits per heavy atom. The third-order valence-electron chi connectivity index (χ3n) is 3.56.